The van der Waals surface area contributed by atoms with E-state index in [4.69, 9.17) is 28.3 Å². The molecule has 0 bridgehead atoms. The van der Waals surface area contributed by atoms with E-state index < -0.39 is 5.97 Å². The van der Waals surface area contributed by atoms with E-state index in [0.29, 0.717) is 22.3 Å². The molecule has 0 aliphatic rings. The van der Waals surface area contributed by atoms with Crippen LogP contribution in [0.5, 0.6) is 0 Å². The summed E-state index contributed by atoms with van der Waals surface area (Å²) in [6, 6.07) is 5.18. The zero-order chi connectivity index (χ0) is 13.3. The number of benzene rings is 1. The molecule has 94 valence electrons. The van der Waals surface area contributed by atoms with Crippen LogP contribution in [0.4, 0.5) is 0 Å². The molecule has 0 saturated carbocycles. The number of carbonyl (C=O) groups is 1. The van der Waals surface area contributed by atoms with E-state index in [1.807, 2.05) is 0 Å². The van der Waals surface area contributed by atoms with Crippen LogP contribution < -0.4 is 0 Å². The van der Waals surface area contributed by atoms with E-state index in [-0.39, 0.29) is 5.56 Å². The van der Waals surface area contributed by atoms with Gasteiger partial charge < -0.3 is 5.11 Å². The second-order valence-electron chi connectivity index (χ2n) is 3.84. The van der Waals surface area contributed by atoms with Crippen LogP contribution in [-0.4, -0.2) is 20.9 Å². The van der Waals surface area contributed by atoms with Gasteiger partial charge in [0.2, 0.25) is 0 Å². The highest BCUT2D eigenvalue weighted by Crippen LogP contribution is 2.22. The Bertz CT molecular complexity index is 608. The number of carboxylic acid groups (broad SMARTS) is 1. The third kappa shape index (κ3) is 2.49. The summed E-state index contributed by atoms with van der Waals surface area (Å²) < 4.78 is 1.60. The molecule has 2 rings (SSSR count). The highest BCUT2D eigenvalue weighted by molar-refractivity contribution is 6.35. The Hall–Kier alpha value is -1.52. The number of rotatable bonds is 3. The monoisotopic (exact) mass is 284 g/mol. The van der Waals surface area contributed by atoms with Crippen molar-refractivity contribution in [2.75, 3.05) is 0 Å². The van der Waals surface area contributed by atoms with Crippen LogP contribution in [0.2, 0.25) is 10.0 Å². The lowest BCUT2D eigenvalue weighted by atomic mass is 10.2. The molecule has 0 fully saturated rings. The number of hydrogen-bond acceptors (Lipinski definition) is 2. The van der Waals surface area contributed by atoms with Crippen molar-refractivity contribution >= 4 is 29.2 Å². The summed E-state index contributed by atoms with van der Waals surface area (Å²) >= 11 is 11.9. The molecule has 1 aromatic carbocycles. The number of carboxylic acids is 1. The van der Waals surface area contributed by atoms with Gasteiger partial charge in [-0.3, -0.25) is 4.68 Å². The Labute approximate surface area is 114 Å². The van der Waals surface area contributed by atoms with Gasteiger partial charge in [0.05, 0.1) is 18.4 Å². The number of aromatic carboxylic acids is 1. The minimum atomic E-state index is -0.985. The zero-order valence-electron chi connectivity index (χ0n) is 9.52. The largest absolute Gasteiger partial charge is 0.478 e. The molecule has 18 heavy (non-hydrogen) atoms. The second-order valence-corrected chi connectivity index (χ2v) is 4.69. The summed E-state index contributed by atoms with van der Waals surface area (Å²) in [6.07, 6.45) is 1.33. The Morgan fingerprint density at radius 3 is 2.72 bits per heavy atom. The lowest BCUT2D eigenvalue weighted by Crippen LogP contribution is -2.06. The SMILES string of the molecule is Cc1c(C(=O)O)cnn1Cc1ccc(Cl)cc1Cl. The van der Waals surface area contributed by atoms with Crippen molar-refractivity contribution in [3.8, 4) is 0 Å². The van der Waals surface area contributed by atoms with Crippen LogP contribution in [0.25, 0.3) is 0 Å². The molecule has 0 amide bonds. The van der Waals surface area contributed by atoms with Gasteiger partial charge in [0.25, 0.3) is 0 Å². The van der Waals surface area contributed by atoms with Crippen molar-refractivity contribution in [2.45, 2.75) is 13.5 Å². The fourth-order valence-corrected chi connectivity index (χ4v) is 2.10. The summed E-state index contributed by atoms with van der Waals surface area (Å²) in [5.41, 5.74) is 1.62. The van der Waals surface area contributed by atoms with E-state index >= 15 is 0 Å². The summed E-state index contributed by atoms with van der Waals surface area (Å²) in [5, 5.41) is 14.1. The van der Waals surface area contributed by atoms with E-state index in [2.05, 4.69) is 5.10 Å². The van der Waals surface area contributed by atoms with Crippen molar-refractivity contribution in [1.82, 2.24) is 9.78 Å². The molecule has 0 radical (unpaired) electrons. The van der Waals surface area contributed by atoms with E-state index in [0.717, 1.165) is 5.56 Å². The zero-order valence-corrected chi connectivity index (χ0v) is 11.0. The maximum absolute atomic E-state index is 10.9. The number of hydrogen-bond donors (Lipinski definition) is 1. The molecule has 0 spiro atoms. The highest BCUT2D eigenvalue weighted by atomic mass is 35.5. The van der Waals surface area contributed by atoms with Gasteiger partial charge in [-0.15, -0.1) is 0 Å². The standard InChI is InChI=1S/C12H10Cl2N2O2/c1-7-10(12(17)18)5-15-16(7)6-8-2-3-9(13)4-11(8)14/h2-5H,6H2,1H3,(H,17,18). The Balaban J connectivity index is 2.32. The molecule has 6 heteroatoms. The molecular weight excluding hydrogens is 275 g/mol. The van der Waals surface area contributed by atoms with Crippen molar-refractivity contribution in [3.63, 3.8) is 0 Å². The van der Waals surface area contributed by atoms with E-state index in [9.17, 15) is 4.79 Å². The van der Waals surface area contributed by atoms with Gasteiger partial charge in [-0.25, -0.2) is 4.79 Å². The molecular formula is C12H10Cl2N2O2. The first kappa shape index (κ1) is 12.9. The van der Waals surface area contributed by atoms with Crippen LogP contribution in [-0.2, 0) is 6.54 Å². The smallest absolute Gasteiger partial charge is 0.339 e. The van der Waals surface area contributed by atoms with Gasteiger partial charge in [0.1, 0.15) is 5.56 Å². The van der Waals surface area contributed by atoms with E-state index in [1.54, 1.807) is 29.8 Å². The Kier molecular flexibility index (Phi) is 3.59. The van der Waals surface area contributed by atoms with Gasteiger partial charge in [-0.2, -0.15) is 5.10 Å². The molecule has 1 aromatic heterocycles. The van der Waals surface area contributed by atoms with Gasteiger partial charge >= 0.3 is 5.97 Å². The first-order valence-electron chi connectivity index (χ1n) is 5.18. The topological polar surface area (TPSA) is 55.1 Å². The predicted molar refractivity (Wildman–Crippen MR) is 69.5 cm³/mol. The molecule has 1 heterocycles. The average Bonchev–Trinajstić information content (AvgIpc) is 2.64. The molecule has 0 saturated heterocycles. The highest BCUT2D eigenvalue weighted by Gasteiger charge is 2.13. The molecule has 1 N–H and O–H groups in total. The van der Waals surface area contributed by atoms with Crippen molar-refractivity contribution < 1.29 is 9.90 Å². The summed E-state index contributed by atoms with van der Waals surface area (Å²) in [7, 11) is 0. The van der Waals surface area contributed by atoms with Gasteiger partial charge in [-0.1, -0.05) is 29.3 Å². The maximum atomic E-state index is 10.9. The van der Waals surface area contributed by atoms with Crippen LogP contribution in [0.1, 0.15) is 21.6 Å². The van der Waals surface area contributed by atoms with Crippen molar-refractivity contribution in [3.05, 3.63) is 51.3 Å². The average molecular weight is 285 g/mol. The Morgan fingerprint density at radius 2 is 2.17 bits per heavy atom. The van der Waals surface area contributed by atoms with E-state index in [1.165, 1.54) is 6.20 Å². The van der Waals surface area contributed by atoms with Crippen molar-refractivity contribution in [2.24, 2.45) is 0 Å². The molecule has 0 atom stereocenters. The number of halogens is 2. The normalized spacial score (nSPS) is 10.6. The van der Waals surface area contributed by atoms with Gasteiger partial charge in [0.15, 0.2) is 0 Å². The lowest BCUT2D eigenvalue weighted by molar-refractivity contribution is 0.0696. The third-order valence-electron chi connectivity index (χ3n) is 2.67. The Morgan fingerprint density at radius 1 is 1.44 bits per heavy atom. The first-order chi connectivity index (χ1) is 8.49. The van der Waals surface area contributed by atoms with Gasteiger partial charge in [-0.05, 0) is 24.6 Å². The molecule has 0 unspecified atom stereocenters. The summed E-state index contributed by atoms with van der Waals surface area (Å²) in [5.74, 6) is -0.985. The lowest BCUT2D eigenvalue weighted by Gasteiger charge is -2.07. The summed E-state index contributed by atoms with van der Waals surface area (Å²) in [4.78, 5) is 10.9. The number of nitrogens with zero attached hydrogens (tertiary/aromatic N) is 2. The number of aromatic nitrogens is 2. The first-order valence-corrected chi connectivity index (χ1v) is 5.94. The fraction of sp³-hybridized carbons (Fsp3) is 0.167. The minimum Gasteiger partial charge on any atom is -0.478 e. The van der Waals surface area contributed by atoms with Crippen LogP contribution in [0.15, 0.2) is 24.4 Å². The molecule has 0 aliphatic heterocycles. The van der Waals surface area contributed by atoms with Crippen LogP contribution in [0.3, 0.4) is 0 Å². The minimum absolute atomic E-state index is 0.195. The summed E-state index contributed by atoms with van der Waals surface area (Å²) in [6.45, 7) is 2.12. The molecule has 4 nitrogen and oxygen atoms in total. The second kappa shape index (κ2) is 5.00. The third-order valence-corrected chi connectivity index (χ3v) is 3.26. The van der Waals surface area contributed by atoms with Gasteiger partial charge in [0, 0.05) is 10.0 Å². The van der Waals surface area contributed by atoms with Crippen LogP contribution in [0, 0.1) is 6.92 Å². The van der Waals surface area contributed by atoms with Crippen molar-refractivity contribution in [1.29, 1.82) is 0 Å². The fourth-order valence-electron chi connectivity index (χ4n) is 1.63. The molecule has 2 aromatic rings. The van der Waals surface area contributed by atoms with Crippen LogP contribution >= 0.6 is 23.2 Å². The maximum Gasteiger partial charge on any atom is 0.339 e. The quantitative estimate of drug-likeness (QED) is 0.941. The predicted octanol–water partition coefficient (Wildman–Crippen LogP) is 3.24. The molecule has 0 aliphatic carbocycles.